The van der Waals surface area contributed by atoms with E-state index in [0.717, 1.165) is 0 Å². The Morgan fingerprint density at radius 1 is 1.25 bits per heavy atom. The Morgan fingerprint density at radius 3 is 2.50 bits per heavy atom. The number of aromatic nitrogens is 2. The Bertz CT molecular complexity index is 876. The van der Waals surface area contributed by atoms with Crippen molar-refractivity contribution in [1.29, 1.82) is 0 Å². The van der Waals surface area contributed by atoms with Crippen molar-refractivity contribution >= 4 is 15.7 Å². The SMILES string of the molecule is COCCn1c(CN(CC(C)C)C(C)=O)cnc1S(=O)(=O)Cc1ccccc1. The number of methoxy groups -OCH3 is 1. The van der Waals surface area contributed by atoms with Gasteiger partial charge in [-0.3, -0.25) is 4.79 Å². The normalized spacial score (nSPS) is 11.8. The molecule has 0 saturated heterocycles. The first-order chi connectivity index (χ1) is 13.2. The lowest BCUT2D eigenvalue weighted by atomic mass is 10.2. The number of hydrogen-bond acceptors (Lipinski definition) is 5. The molecule has 1 amide bonds. The van der Waals surface area contributed by atoms with Gasteiger partial charge < -0.3 is 14.2 Å². The lowest BCUT2D eigenvalue weighted by molar-refractivity contribution is -0.130. The third kappa shape index (κ3) is 5.90. The van der Waals surface area contributed by atoms with Crippen molar-refractivity contribution in [3.8, 4) is 0 Å². The minimum Gasteiger partial charge on any atom is -0.383 e. The number of ether oxygens (including phenoxy) is 1. The number of amides is 1. The van der Waals surface area contributed by atoms with Gasteiger partial charge in [-0.05, 0) is 11.5 Å². The van der Waals surface area contributed by atoms with Crippen molar-refractivity contribution in [1.82, 2.24) is 14.5 Å². The van der Waals surface area contributed by atoms with E-state index in [1.807, 2.05) is 32.0 Å². The van der Waals surface area contributed by atoms with Crippen molar-refractivity contribution in [2.24, 2.45) is 5.92 Å². The number of imidazole rings is 1. The van der Waals surface area contributed by atoms with Gasteiger partial charge in [-0.15, -0.1) is 0 Å². The van der Waals surface area contributed by atoms with Gasteiger partial charge in [0, 0.05) is 27.1 Å². The van der Waals surface area contributed by atoms with Crippen LogP contribution >= 0.6 is 0 Å². The zero-order valence-electron chi connectivity index (χ0n) is 17.0. The molecule has 0 atom stereocenters. The number of rotatable bonds is 10. The standard InChI is InChI=1S/C20H29N3O4S/c1-16(2)13-22(17(3)24)14-19-12-21-20(23(19)10-11-27-4)28(25,26)15-18-8-6-5-7-9-18/h5-9,12,16H,10-11,13-15H2,1-4H3. The molecular formula is C20H29N3O4S. The van der Waals surface area contributed by atoms with Crippen LogP contribution in [0.4, 0.5) is 0 Å². The fourth-order valence-electron chi connectivity index (χ4n) is 2.99. The zero-order valence-corrected chi connectivity index (χ0v) is 17.8. The number of sulfone groups is 1. The predicted molar refractivity (Wildman–Crippen MR) is 107 cm³/mol. The van der Waals surface area contributed by atoms with Gasteiger partial charge in [0.05, 0.1) is 30.8 Å². The lowest BCUT2D eigenvalue weighted by Gasteiger charge is -2.24. The van der Waals surface area contributed by atoms with E-state index in [1.165, 1.54) is 6.92 Å². The van der Waals surface area contributed by atoms with Crippen LogP contribution in [-0.2, 0) is 38.2 Å². The van der Waals surface area contributed by atoms with E-state index in [4.69, 9.17) is 4.74 Å². The van der Waals surface area contributed by atoms with Gasteiger partial charge in [0.2, 0.25) is 20.9 Å². The number of carbonyl (C=O) groups excluding carboxylic acids is 1. The molecule has 0 aliphatic carbocycles. The predicted octanol–water partition coefficient (Wildman–Crippen LogP) is 2.51. The van der Waals surface area contributed by atoms with Gasteiger partial charge in [-0.25, -0.2) is 13.4 Å². The number of carbonyl (C=O) groups is 1. The maximum absolute atomic E-state index is 13.0. The van der Waals surface area contributed by atoms with Crippen LogP contribution in [0.3, 0.4) is 0 Å². The summed E-state index contributed by atoms with van der Waals surface area (Å²) >= 11 is 0. The largest absolute Gasteiger partial charge is 0.383 e. The van der Waals surface area contributed by atoms with E-state index in [9.17, 15) is 13.2 Å². The highest BCUT2D eigenvalue weighted by Gasteiger charge is 2.25. The maximum Gasteiger partial charge on any atom is 0.228 e. The number of nitrogens with zero attached hydrogens (tertiary/aromatic N) is 3. The van der Waals surface area contributed by atoms with Crippen molar-refractivity contribution in [2.45, 2.75) is 44.8 Å². The van der Waals surface area contributed by atoms with Crippen LogP contribution in [0.15, 0.2) is 41.7 Å². The highest BCUT2D eigenvalue weighted by Crippen LogP contribution is 2.19. The zero-order chi connectivity index (χ0) is 20.7. The van der Waals surface area contributed by atoms with Crippen LogP contribution < -0.4 is 0 Å². The van der Waals surface area contributed by atoms with E-state index < -0.39 is 9.84 Å². The fraction of sp³-hybridized carbons (Fsp3) is 0.500. The molecular weight excluding hydrogens is 378 g/mol. The molecule has 1 heterocycles. The molecule has 0 unspecified atom stereocenters. The van der Waals surface area contributed by atoms with E-state index in [-0.39, 0.29) is 16.8 Å². The Labute approximate surface area is 167 Å². The van der Waals surface area contributed by atoms with Crippen molar-refractivity contribution in [3.63, 3.8) is 0 Å². The van der Waals surface area contributed by atoms with Crippen LogP contribution in [0.1, 0.15) is 32.0 Å². The molecule has 28 heavy (non-hydrogen) atoms. The first kappa shape index (κ1) is 22.1. The van der Waals surface area contributed by atoms with Crippen LogP contribution in [0.25, 0.3) is 0 Å². The third-order valence-electron chi connectivity index (χ3n) is 4.28. The van der Waals surface area contributed by atoms with Gasteiger partial charge in [0.25, 0.3) is 0 Å². The minimum atomic E-state index is -3.64. The molecule has 0 aliphatic rings. The summed E-state index contributed by atoms with van der Waals surface area (Å²) in [6, 6.07) is 9.02. The molecule has 0 spiro atoms. The first-order valence-electron chi connectivity index (χ1n) is 9.30. The Balaban J connectivity index is 2.36. The van der Waals surface area contributed by atoms with Gasteiger partial charge in [-0.1, -0.05) is 44.2 Å². The highest BCUT2D eigenvalue weighted by molar-refractivity contribution is 7.90. The number of benzene rings is 1. The van der Waals surface area contributed by atoms with Crippen molar-refractivity contribution < 1.29 is 17.9 Å². The molecule has 0 saturated carbocycles. The molecule has 0 bridgehead atoms. The topological polar surface area (TPSA) is 81.5 Å². The minimum absolute atomic E-state index is 0.0106. The second-order valence-corrected chi connectivity index (χ2v) is 9.10. The van der Waals surface area contributed by atoms with Crippen molar-refractivity contribution in [3.05, 3.63) is 47.8 Å². The monoisotopic (exact) mass is 407 g/mol. The van der Waals surface area contributed by atoms with E-state index in [2.05, 4.69) is 4.98 Å². The molecule has 1 aromatic heterocycles. The molecule has 0 fully saturated rings. The third-order valence-corrected chi connectivity index (χ3v) is 5.88. The van der Waals surface area contributed by atoms with Crippen LogP contribution in [0.5, 0.6) is 0 Å². The van der Waals surface area contributed by atoms with Crippen molar-refractivity contribution in [2.75, 3.05) is 20.3 Å². The summed E-state index contributed by atoms with van der Waals surface area (Å²) in [5, 5.41) is 0.0106. The van der Waals surface area contributed by atoms with Gasteiger partial charge >= 0.3 is 0 Å². The van der Waals surface area contributed by atoms with E-state index >= 15 is 0 Å². The van der Waals surface area contributed by atoms with E-state index in [1.54, 1.807) is 34.9 Å². The molecule has 2 aromatic rings. The fourth-order valence-corrected chi connectivity index (χ4v) is 4.51. The second kappa shape index (κ2) is 9.84. The molecule has 154 valence electrons. The molecule has 1 aromatic carbocycles. The Hall–Kier alpha value is -2.19. The quantitative estimate of drug-likeness (QED) is 0.604. The summed E-state index contributed by atoms with van der Waals surface area (Å²) in [6.07, 6.45) is 1.55. The first-order valence-corrected chi connectivity index (χ1v) is 11.0. The highest BCUT2D eigenvalue weighted by atomic mass is 32.2. The summed E-state index contributed by atoms with van der Waals surface area (Å²) < 4.78 is 32.8. The van der Waals surface area contributed by atoms with Crippen LogP contribution in [0, 0.1) is 5.92 Å². The smallest absolute Gasteiger partial charge is 0.228 e. The average Bonchev–Trinajstić information content (AvgIpc) is 3.03. The Morgan fingerprint density at radius 2 is 1.93 bits per heavy atom. The molecule has 7 nitrogen and oxygen atoms in total. The van der Waals surface area contributed by atoms with E-state index in [0.29, 0.717) is 43.4 Å². The average molecular weight is 408 g/mol. The second-order valence-electron chi connectivity index (χ2n) is 7.21. The summed E-state index contributed by atoms with van der Waals surface area (Å²) in [7, 11) is -2.07. The molecule has 0 aliphatic heterocycles. The summed E-state index contributed by atoms with van der Waals surface area (Å²) in [6.45, 7) is 7.19. The van der Waals surface area contributed by atoms with Gasteiger partial charge in [0.1, 0.15) is 0 Å². The summed E-state index contributed by atoms with van der Waals surface area (Å²) in [4.78, 5) is 17.9. The molecule has 0 radical (unpaired) electrons. The molecule has 0 N–H and O–H groups in total. The lowest BCUT2D eigenvalue weighted by Crippen LogP contribution is -2.33. The molecule has 8 heteroatoms. The Kier molecular flexibility index (Phi) is 7.77. The number of hydrogen-bond donors (Lipinski definition) is 0. The molecule has 2 rings (SSSR count). The van der Waals surface area contributed by atoms with Crippen LogP contribution in [0.2, 0.25) is 0 Å². The van der Waals surface area contributed by atoms with Gasteiger partial charge in [-0.2, -0.15) is 0 Å². The summed E-state index contributed by atoms with van der Waals surface area (Å²) in [5.41, 5.74) is 1.38. The van der Waals surface area contributed by atoms with Crippen LogP contribution in [-0.4, -0.2) is 49.0 Å². The summed E-state index contributed by atoms with van der Waals surface area (Å²) in [5.74, 6) is 0.127. The van der Waals surface area contributed by atoms with Gasteiger partial charge in [0.15, 0.2) is 0 Å². The maximum atomic E-state index is 13.0.